The summed E-state index contributed by atoms with van der Waals surface area (Å²) in [5, 5.41) is 22.3. The highest BCUT2D eigenvalue weighted by molar-refractivity contribution is 5.26. The van der Waals surface area contributed by atoms with Crippen LogP contribution in [0.15, 0.2) is 28.8 Å². The molecule has 108 valence electrons. The molecule has 0 fully saturated rings. The molecule has 3 unspecified atom stereocenters. The maximum Gasteiger partial charge on any atom is 0.243 e. The van der Waals surface area contributed by atoms with E-state index < -0.39 is 18.2 Å². The highest BCUT2D eigenvalue weighted by Gasteiger charge is 2.21. The fourth-order valence-corrected chi connectivity index (χ4v) is 1.72. The van der Waals surface area contributed by atoms with Crippen LogP contribution < -0.4 is 11.5 Å². The first-order chi connectivity index (χ1) is 9.47. The Morgan fingerprint density at radius 1 is 1.25 bits per heavy atom. The number of benzene rings is 1. The number of rotatable bonds is 5. The molecule has 0 bridgehead atoms. The quantitative estimate of drug-likeness (QED) is 0.622. The van der Waals surface area contributed by atoms with E-state index in [1.165, 1.54) is 0 Å². The number of aromatic nitrogens is 2. The van der Waals surface area contributed by atoms with E-state index in [9.17, 15) is 10.2 Å². The first-order valence-electron chi connectivity index (χ1n) is 6.28. The van der Waals surface area contributed by atoms with Gasteiger partial charge in [0.1, 0.15) is 5.75 Å². The molecule has 1 aromatic carbocycles. The number of hydrogen-bond donors (Lipinski definition) is 4. The van der Waals surface area contributed by atoms with Crippen molar-refractivity contribution in [2.45, 2.75) is 31.5 Å². The molecule has 7 nitrogen and oxygen atoms in total. The van der Waals surface area contributed by atoms with Crippen molar-refractivity contribution in [1.82, 2.24) is 10.1 Å². The molecule has 0 spiro atoms. The maximum atomic E-state index is 9.38. The molecule has 0 aliphatic carbocycles. The zero-order chi connectivity index (χ0) is 14.7. The van der Waals surface area contributed by atoms with Crippen LogP contribution in [0.25, 0.3) is 0 Å². The minimum atomic E-state index is -0.770. The second kappa shape index (κ2) is 6.00. The van der Waals surface area contributed by atoms with Crippen LogP contribution in [0.4, 0.5) is 0 Å². The molecule has 20 heavy (non-hydrogen) atoms. The Labute approximate surface area is 116 Å². The highest BCUT2D eigenvalue weighted by atomic mass is 16.5. The van der Waals surface area contributed by atoms with Gasteiger partial charge in [0.2, 0.25) is 5.89 Å². The monoisotopic (exact) mass is 278 g/mol. The Hall–Kier alpha value is -1.96. The number of aliphatic hydroxyl groups is 1. The molecule has 3 atom stereocenters. The summed E-state index contributed by atoms with van der Waals surface area (Å²) in [7, 11) is 0. The van der Waals surface area contributed by atoms with Crippen LogP contribution in [-0.4, -0.2) is 26.5 Å². The van der Waals surface area contributed by atoms with E-state index in [1.54, 1.807) is 31.2 Å². The molecule has 2 rings (SSSR count). The van der Waals surface area contributed by atoms with Crippen LogP contribution in [0.3, 0.4) is 0 Å². The summed E-state index contributed by atoms with van der Waals surface area (Å²) in [6, 6.07) is 5.55. The number of phenols is 1. The van der Waals surface area contributed by atoms with Crippen molar-refractivity contribution >= 4 is 0 Å². The molecule has 0 amide bonds. The van der Waals surface area contributed by atoms with Gasteiger partial charge in [-0.25, -0.2) is 0 Å². The van der Waals surface area contributed by atoms with Gasteiger partial charge in [0.15, 0.2) is 5.82 Å². The van der Waals surface area contributed by atoms with Crippen molar-refractivity contribution in [3.05, 3.63) is 41.5 Å². The summed E-state index contributed by atoms with van der Waals surface area (Å²) in [5.74, 6) is 0.700. The molecular formula is C13H18N4O3. The topological polar surface area (TPSA) is 131 Å². The van der Waals surface area contributed by atoms with Crippen LogP contribution >= 0.6 is 0 Å². The number of aromatic hydroxyl groups is 1. The van der Waals surface area contributed by atoms with Crippen LogP contribution in [0.5, 0.6) is 5.75 Å². The van der Waals surface area contributed by atoms with Gasteiger partial charge in [-0.1, -0.05) is 17.3 Å². The first-order valence-corrected chi connectivity index (χ1v) is 6.28. The summed E-state index contributed by atoms with van der Waals surface area (Å²) in [4.78, 5) is 4.11. The Balaban J connectivity index is 2.06. The lowest BCUT2D eigenvalue weighted by molar-refractivity contribution is 0.159. The summed E-state index contributed by atoms with van der Waals surface area (Å²) < 4.78 is 5.07. The van der Waals surface area contributed by atoms with Crippen molar-refractivity contribution < 1.29 is 14.7 Å². The van der Waals surface area contributed by atoms with E-state index in [-0.39, 0.29) is 17.5 Å². The standard InChI is InChI=1S/C13H18N4O3/c1-7(18)11(15)12-16-13(20-17-12)10(14)6-8-2-4-9(19)5-3-8/h2-5,7,10-11,18-19H,6,14-15H2,1H3. The molecule has 6 N–H and O–H groups in total. The lowest BCUT2D eigenvalue weighted by Crippen LogP contribution is -2.24. The Kier molecular flexibility index (Phi) is 4.33. The van der Waals surface area contributed by atoms with Crippen molar-refractivity contribution in [2.24, 2.45) is 11.5 Å². The zero-order valence-electron chi connectivity index (χ0n) is 11.1. The van der Waals surface area contributed by atoms with Crippen LogP contribution in [0.1, 0.15) is 36.3 Å². The van der Waals surface area contributed by atoms with Gasteiger partial charge in [0, 0.05) is 0 Å². The van der Waals surface area contributed by atoms with E-state index in [1.807, 2.05) is 0 Å². The van der Waals surface area contributed by atoms with Gasteiger partial charge in [0.25, 0.3) is 0 Å². The van der Waals surface area contributed by atoms with E-state index in [4.69, 9.17) is 16.0 Å². The van der Waals surface area contributed by atoms with Crippen LogP contribution in [0.2, 0.25) is 0 Å². The van der Waals surface area contributed by atoms with Crippen molar-refractivity contribution in [1.29, 1.82) is 0 Å². The summed E-state index contributed by atoms with van der Waals surface area (Å²) >= 11 is 0. The fourth-order valence-electron chi connectivity index (χ4n) is 1.72. The number of nitrogens with zero attached hydrogens (tertiary/aromatic N) is 2. The van der Waals surface area contributed by atoms with Gasteiger partial charge >= 0.3 is 0 Å². The molecule has 1 heterocycles. The van der Waals surface area contributed by atoms with E-state index in [2.05, 4.69) is 10.1 Å². The normalized spacial score (nSPS) is 15.8. The smallest absolute Gasteiger partial charge is 0.243 e. The summed E-state index contributed by atoms with van der Waals surface area (Å²) in [5.41, 5.74) is 12.6. The molecule has 7 heteroatoms. The molecule has 2 aromatic rings. The zero-order valence-corrected chi connectivity index (χ0v) is 11.1. The van der Waals surface area contributed by atoms with E-state index >= 15 is 0 Å². The lowest BCUT2D eigenvalue weighted by atomic mass is 10.1. The van der Waals surface area contributed by atoms with Crippen molar-refractivity contribution in [3.63, 3.8) is 0 Å². The van der Waals surface area contributed by atoms with Crippen LogP contribution in [0, 0.1) is 0 Å². The minimum absolute atomic E-state index is 0.199. The maximum absolute atomic E-state index is 9.38. The predicted molar refractivity (Wildman–Crippen MR) is 71.6 cm³/mol. The number of aliphatic hydroxyl groups excluding tert-OH is 1. The van der Waals surface area contributed by atoms with Crippen molar-refractivity contribution in [3.8, 4) is 5.75 Å². The molecule has 0 saturated heterocycles. The van der Waals surface area contributed by atoms with E-state index in [0.29, 0.717) is 6.42 Å². The van der Waals surface area contributed by atoms with E-state index in [0.717, 1.165) is 5.56 Å². The van der Waals surface area contributed by atoms with Crippen molar-refractivity contribution in [2.75, 3.05) is 0 Å². The lowest BCUT2D eigenvalue weighted by Gasteiger charge is -2.09. The van der Waals surface area contributed by atoms with Crippen LogP contribution in [-0.2, 0) is 6.42 Å². The third-order valence-electron chi connectivity index (χ3n) is 2.98. The second-order valence-electron chi connectivity index (χ2n) is 4.73. The third-order valence-corrected chi connectivity index (χ3v) is 2.98. The molecular weight excluding hydrogens is 260 g/mol. The Morgan fingerprint density at radius 3 is 2.50 bits per heavy atom. The first kappa shape index (κ1) is 14.4. The largest absolute Gasteiger partial charge is 0.508 e. The number of hydrogen-bond acceptors (Lipinski definition) is 7. The van der Waals surface area contributed by atoms with Gasteiger partial charge in [-0.2, -0.15) is 4.98 Å². The third kappa shape index (κ3) is 3.32. The number of nitrogens with two attached hydrogens (primary N) is 2. The molecule has 0 aliphatic rings. The fraction of sp³-hybridized carbons (Fsp3) is 0.385. The van der Waals surface area contributed by atoms with Gasteiger partial charge in [0.05, 0.1) is 18.2 Å². The number of phenolic OH excluding ortho intramolecular Hbond substituents is 1. The molecule has 0 radical (unpaired) electrons. The second-order valence-corrected chi connectivity index (χ2v) is 4.73. The average molecular weight is 278 g/mol. The van der Waals surface area contributed by atoms with Gasteiger partial charge in [-0.05, 0) is 31.0 Å². The van der Waals surface area contributed by atoms with Gasteiger partial charge in [-0.15, -0.1) is 0 Å². The Morgan fingerprint density at radius 2 is 1.90 bits per heavy atom. The summed E-state index contributed by atoms with van der Waals surface area (Å²) in [6.45, 7) is 1.55. The SMILES string of the molecule is CC(O)C(N)c1noc(C(N)Cc2ccc(O)cc2)n1. The predicted octanol–water partition coefficient (Wildman–Crippen LogP) is 0.398. The average Bonchev–Trinajstić information content (AvgIpc) is 2.90. The van der Waals surface area contributed by atoms with Gasteiger partial charge < -0.3 is 26.2 Å². The van der Waals surface area contributed by atoms with Gasteiger partial charge in [-0.3, -0.25) is 0 Å². The minimum Gasteiger partial charge on any atom is -0.508 e. The molecule has 1 aromatic heterocycles. The highest BCUT2D eigenvalue weighted by Crippen LogP contribution is 2.18. The molecule has 0 aliphatic heterocycles. The summed E-state index contributed by atoms with van der Waals surface area (Å²) in [6.07, 6.45) is -0.278. The molecule has 0 saturated carbocycles. The Bertz CT molecular complexity index is 553.